The number of aromatic nitrogens is 1. The van der Waals surface area contributed by atoms with E-state index in [1.54, 1.807) is 30.5 Å². The van der Waals surface area contributed by atoms with Crippen LogP contribution >= 0.6 is 0 Å². The molecule has 1 saturated heterocycles. The Hall–Kier alpha value is -3.18. The normalized spacial score (nSPS) is 18.9. The van der Waals surface area contributed by atoms with E-state index in [-0.39, 0.29) is 28.7 Å². The fourth-order valence-corrected chi connectivity index (χ4v) is 5.49. The van der Waals surface area contributed by atoms with Gasteiger partial charge in [-0.3, -0.25) is 9.78 Å². The monoisotopic (exact) mass is 541 g/mol. The number of piperidine rings is 1. The molecule has 1 amide bonds. The molecule has 2 aromatic carbocycles. The molecule has 5 N–H and O–H groups in total. The zero-order chi connectivity index (χ0) is 27.5. The maximum atomic E-state index is 13.0. The average Bonchev–Trinajstić information content (AvgIpc) is 2.90. The van der Waals surface area contributed by atoms with Crippen LogP contribution in [0.5, 0.6) is 0 Å². The lowest BCUT2D eigenvalue weighted by Gasteiger charge is -2.30. The summed E-state index contributed by atoms with van der Waals surface area (Å²) in [6, 6.07) is 22.1. The molecule has 0 bridgehead atoms. The largest absolute Gasteiger partial charge is 0.355 e. The number of carbonyl (C=O) groups is 1. The molecule has 38 heavy (non-hydrogen) atoms. The fraction of sp³-hybridized carbons (Fsp3) is 0.357. The number of alkyl halides is 1. The van der Waals surface area contributed by atoms with Crippen molar-refractivity contribution in [2.75, 3.05) is 19.6 Å². The molecule has 0 saturated carbocycles. The van der Waals surface area contributed by atoms with E-state index in [9.17, 15) is 17.6 Å². The Labute approximate surface area is 224 Å². The van der Waals surface area contributed by atoms with Gasteiger partial charge in [-0.2, -0.15) is 0 Å². The van der Waals surface area contributed by atoms with Gasteiger partial charge in [0, 0.05) is 43.5 Å². The van der Waals surface area contributed by atoms with E-state index in [4.69, 9.17) is 0 Å². The SMILES string of the molecule is CC(N)F.Cc1ccc(S(=O)(=O)NC2CNCC(C(=O)NCC(c3ccccc3)c3ccccn3)C2)cc1. The summed E-state index contributed by atoms with van der Waals surface area (Å²) in [7, 11) is -3.65. The molecule has 4 unspecified atom stereocenters. The van der Waals surface area contributed by atoms with Crippen molar-refractivity contribution < 1.29 is 17.6 Å². The number of rotatable bonds is 8. The van der Waals surface area contributed by atoms with Gasteiger partial charge in [0.25, 0.3) is 0 Å². The lowest BCUT2D eigenvalue weighted by atomic mass is 9.93. The number of carbonyl (C=O) groups excluding carboxylic acids is 1. The van der Waals surface area contributed by atoms with Gasteiger partial charge in [-0.15, -0.1) is 0 Å². The number of nitrogens with two attached hydrogens (primary N) is 1. The van der Waals surface area contributed by atoms with Crippen LogP contribution in [0.1, 0.15) is 36.1 Å². The van der Waals surface area contributed by atoms with E-state index in [1.165, 1.54) is 6.92 Å². The first-order valence-electron chi connectivity index (χ1n) is 12.6. The Morgan fingerprint density at radius 1 is 1.08 bits per heavy atom. The number of amides is 1. The van der Waals surface area contributed by atoms with E-state index in [2.05, 4.69) is 26.1 Å². The Morgan fingerprint density at radius 2 is 1.74 bits per heavy atom. The molecule has 0 aliphatic carbocycles. The van der Waals surface area contributed by atoms with Crippen molar-refractivity contribution in [3.05, 3.63) is 95.8 Å². The highest BCUT2D eigenvalue weighted by atomic mass is 32.2. The first kappa shape index (κ1) is 29.4. The maximum absolute atomic E-state index is 13.0. The summed E-state index contributed by atoms with van der Waals surface area (Å²) in [5.74, 6) is -0.498. The second-order valence-electron chi connectivity index (χ2n) is 9.36. The summed E-state index contributed by atoms with van der Waals surface area (Å²) in [5, 5.41) is 6.27. The molecule has 204 valence electrons. The number of nitrogens with one attached hydrogen (secondary N) is 3. The standard InChI is InChI=1S/C26H30N4O3S.C2H6FN/c1-19-10-12-23(13-11-19)34(32,33)30-22-15-21(16-27-17-22)26(31)29-18-24(20-7-3-2-4-8-20)25-9-5-6-14-28-25;1-2(3)4/h2-14,21-22,24,27,30H,15-18H2,1H3,(H,29,31);2H,4H2,1H3. The number of halogens is 1. The van der Waals surface area contributed by atoms with Gasteiger partial charge < -0.3 is 16.4 Å². The Balaban J connectivity index is 0.000000934. The molecule has 0 radical (unpaired) electrons. The van der Waals surface area contributed by atoms with Crippen LogP contribution in [0.2, 0.25) is 0 Å². The first-order valence-corrected chi connectivity index (χ1v) is 14.1. The molecule has 4 rings (SSSR count). The van der Waals surface area contributed by atoms with Crippen LogP contribution in [-0.4, -0.2) is 51.3 Å². The molecule has 1 aromatic heterocycles. The van der Waals surface area contributed by atoms with Crippen molar-refractivity contribution in [3.8, 4) is 0 Å². The first-order chi connectivity index (χ1) is 18.2. The Morgan fingerprint density at radius 3 is 2.37 bits per heavy atom. The Bertz CT molecular complexity index is 1200. The maximum Gasteiger partial charge on any atom is 0.240 e. The number of pyridine rings is 1. The minimum absolute atomic E-state index is 0.0706. The van der Waals surface area contributed by atoms with Gasteiger partial charge in [0.1, 0.15) is 6.30 Å². The zero-order valence-electron chi connectivity index (χ0n) is 21.7. The number of hydrogen-bond acceptors (Lipinski definition) is 6. The van der Waals surface area contributed by atoms with Crippen molar-refractivity contribution in [3.63, 3.8) is 0 Å². The third kappa shape index (κ3) is 8.98. The van der Waals surface area contributed by atoms with Crippen molar-refractivity contribution >= 4 is 15.9 Å². The minimum atomic E-state index is -3.65. The van der Waals surface area contributed by atoms with Crippen molar-refractivity contribution in [2.24, 2.45) is 11.7 Å². The number of nitrogens with zero attached hydrogens (tertiary/aromatic N) is 1. The molecule has 10 heteroatoms. The number of benzene rings is 2. The van der Waals surface area contributed by atoms with Crippen LogP contribution in [-0.2, 0) is 14.8 Å². The van der Waals surface area contributed by atoms with E-state index in [1.807, 2.05) is 55.5 Å². The lowest BCUT2D eigenvalue weighted by Crippen LogP contribution is -2.52. The number of hydrogen-bond donors (Lipinski definition) is 4. The summed E-state index contributed by atoms with van der Waals surface area (Å²) in [6.07, 6.45) is 1.02. The highest BCUT2D eigenvalue weighted by Crippen LogP contribution is 2.22. The average molecular weight is 542 g/mol. The van der Waals surface area contributed by atoms with Gasteiger partial charge in [0.2, 0.25) is 15.9 Å². The van der Waals surface area contributed by atoms with Gasteiger partial charge in [-0.1, -0.05) is 54.1 Å². The van der Waals surface area contributed by atoms with Crippen LogP contribution < -0.4 is 21.1 Å². The predicted octanol–water partition coefficient (Wildman–Crippen LogP) is 2.86. The third-order valence-electron chi connectivity index (χ3n) is 6.10. The smallest absolute Gasteiger partial charge is 0.240 e. The van der Waals surface area contributed by atoms with Gasteiger partial charge in [0.05, 0.1) is 10.8 Å². The molecule has 4 atom stereocenters. The molecule has 1 aliphatic heterocycles. The van der Waals surface area contributed by atoms with E-state index in [0.717, 1.165) is 16.8 Å². The van der Waals surface area contributed by atoms with Crippen molar-refractivity contribution in [1.82, 2.24) is 20.3 Å². The lowest BCUT2D eigenvalue weighted by molar-refractivity contribution is -0.125. The number of aryl methyl sites for hydroxylation is 1. The van der Waals surface area contributed by atoms with Crippen molar-refractivity contribution in [2.45, 2.75) is 43.4 Å². The summed E-state index contributed by atoms with van der Waals surface area (Å²) >= 11 is 0. The molecule has 3 aromatic rings. The second-order valence-corrected chi connectivity index (χ2v) is 11.1. The fourth-order valence-electron chi connectivity index (χ4n) is 4.24. The third-order valence-corrected chi connectivity index (χ3v) is 7.64. The second kappa shape index (κ2) is 14.1. The quantitative estimate of drug-likeness (QED) is 0.325. The molecule has 2 heterocycles. The molecule has 1 aliphatic rings. The molecule has 8 nitrogen and oxygen atoms in total. The number of sulfonamides is 1. The van der Waals surface area contributed by atoms with E-state index in [0.29, 0.717) is 26.1 Å². The van der Waals surface area contributed by atoms with Gasteiger partial charge in [-0.25, -0.2) is 17.5 Å². The summed E-state index contributed by atoms with van der Waals surface area (Å²) < 4.78 is 39.1. The van der Waals surface area contributed by atoms with Gasteiger partial charge in [-0.05, 0) is 50.1 Å². The van der Waals surface area contributed by atoms with Gasteiger partial charge >= 0.3 is 0 Å². The Kier molecular flexibility index (Phi) is 10.9. The highest BCUT2D eigenvalue weighted by Gasteiger charge is 2.30. The minimum Gasteiger partial charge on any atom is -0.355 e. The van der Waals surface area contributed by atoms with Crippen LogP contribution in [0.3, 0.4) is 0 Å². The van der Waals surface area contributed by atoms with Crippen molar-refractivity contribution in [1.29, 1.82) is 0 Å². The summed E-state index contributed by atoms with van der Waals surface area (Å²) in [6.45, 7) is 4.59. The molecular formula is C28H36FN5O3S. The predicted molar refractivity (Wildman–Crippen MR) is 147 cm³/mol. The highest BCUT2D eigenvalue weighted by molar-refractivity contribution is 7.89. The van der Waals surface area contributed by atoms with Gasteiger partial charge in [0.15, 0.2) is 0 Å². The topological polar surface area (TPSA) is 126 Å². The molecular weight excluding hydrogens is 505 g/mol. The summed E-state index contributed by atoms with van der Waals surface area (Å²) in [5.41, 5.74) is 7.40. The van der Waals surface area contributed by atoms with E-state index >= 15 is 0 Å². The van der Waals surface area contributed by atoms with Crippen LogP contribution in [0.25, 0.3) is 0 Å². The van der Waals surface area contributed by atoms with Crippen LogP contribution in [0, 0.1) is 12.8 Å². The summed E-state index contributed by atoms with van der Waals surface area (Å²) in [4.78, 5) is 17.8. The molecule has 1 fully saturated rings. The zero-order valence-corrected chi connectivity index (χ0v) is 22.5. The van der Waals surface area contributed by atoms with Crippen LogP contribution in [0.15, 0.2) is 83.9 Å². The molecule has 0 spiro atoms. The van der Waals surface area contributed by atoms with Crippen LogP contribution in [0.4, 0.5) is 4.39 Å². The van der Waals surface area contributed by atoms with E-state index < -0.39 is 16.3 Å².